The summed E-state index contributed by atoms with van der Waals surface area (Å²) < 4.78 is 10.8. The minimum absolute atomic E-state index is 0.0152. The van der Waals surface area contributed by atoms with Gasteiger partial charge >= 0.3 is 0 Å². The molecule has 0 spiro atoms. The Kier molecular flexibility index (Phi) is 4.57. The van der Waals surface area contributed by atoms with Crippen LogP contribution in [0, 0.1) is 0 Å². The van der Waals surface area contributed by atoms with Gasteiger partial charge in [0, 0.05) is 32.4 Å². The molecule has 1 atom stereocenters. The van der Waals surface area contributed by atoms with Gasteiger partial charge in [0.1, 0.15) is 5.82 Å². The molecule has 1 aromatic heterocycles. The van der Waals surface area contributed by atoms with E-state index in [1.165, 1.54) is 0 Å². The van der Waals surface area contributed by atoms with Crippen LogP contribution in [0.4, 0.5) is 5.82 Å². The lowest BCUT2D eigenvalue weighted by Crippen LogP contribution is -2.53. The van der Waals surface area contributed by atoms with Gasteiger partial charge in [-0.15, -0.1) is 0 Å². The average molecular weight is 312 g/mol. The van der Waals surface area contributed by atoms with Crippen molar-refractivity contribution in [1.82, 2.24) is 9.88 Å². The van der Waals surface area contributed by atoms with E-state index in [4.69, 9.17) is 21.1 Å². The predicted molar refractivity (Wildman–Crippen MR) is 78.6 cm³/mol. The second-order valence-corrected chi connectivity index (χ2v) is 5.46. The lowest BCUT2D eigenvalue weighted by molar-refractivity contribution is -0.158. The summed E-state index contributed by atoms with van der Waals surface area (Å²) in [7, 11) is 0. The molecule has 0 unspecified atom stereocenters. The molecule has 0 saturated carbocycles. The number of halogens is 1. The molecule has 2 aliphatic rings. The number of nitrogens with zero attached hydrogens (tertiary/aromatic N) is 3. The topological polar surface area (TPSA) is 54.9 Å². The fourth-order valence-electron chi connectivity index (χ4n) is 2.58. The van der Waals surface area contributed by atoms with Crippen LogP contribution in [0.3, 0.4) is 0 Å². The molecule has 21 heavy (non-hydrogen) atoms. The molecule has 0 N–H and O–H groups in total. The Morgan fingerprint density at radius 2 is 2.10 bits per heavy atom. The molecule has 114 valence electrons. The molecular weight excluding hydrogens is 294 g/mol. The van der Waals surface area contributed by atoms with Crippen LogP contribution in [0.15, 0.2) is 18.3 Å². The smallest absolute Gasteiger partial charge is 0.254 e. The highest BCUT2D eigenvalue weighted by Gasteiger charge is 2.30. The van der Waals surface area contributed by atoms with Crippen LogP contribution in [-0.2, 0) is 14.3 Å². The summed E-state index contributed by atoms with van der Waals surface area (Å²) >= 11 is 6.16. The van der Waals surface area contributed by atoms with Crippen molar-refractivity contribution >= 4 is 23.3 Å². The Labute approximate surface area is 128 Å². The van der Waals surface area contributed by atoms with Crippen LogP contribution >= 0.6 is 11.6 Å². The van der Waals surface area contributed by atoms with Crippen molar-refractivity contribution in [2.24, 2.45) is 0 Å². The van der Waals surface area contributed by atoms with Gasteiger partial charge in [-0.05, 0) is 12.1 Å². The summed E-state index contributed by atoms with van der Waals surface area (Å²) in [6.07, 6.45) is 1.27. The van der Waals surface area contributed by atoms with Gasteiger partial charge in [-0.25, -0.2) is 4.98 Å². The molecular formula is C14H18ClN3O3. The zero-order valence-electron chi connectivity index (χ0n) is 11.7. The molecule has 0 aliphatic carbocycles. The fourth-order valence-corrected chi connectivity index (χ4v) is 2.82. The standard InChI is InChI=1S/C14H18ClN3O3/c15-11-2-1-3-16-13(11)17-4-6-18(7-5-17)14(19)12-10-20-8-9-21-12/h1-3,12H,4-10H2/t12-/m0/s1. The lowest BCUT2D eigenvalue weighted by atomic mass is 10.2. The minimum atomic E-state index is -0.455. The number of ether oxygens (including phenoxy) is 2. The van der Waals surface area contributed by atoms with E-state index < -0.39 is 6.10 Å². The van der Waals surface area contributed by atoms with Gasteiger partial charge in [0.25, 0.3) is 5.91 Å². The van der Waals surface area contributed by atoms with Crippen molar-refractivity contribution in [3.63, 3.8) is 0 Å². The molecule has 2 fully saturated rings. The van der Waals surface area contributed by atoms with E-state index in [2.05, 4.69) is 9.88 Å². The number of rotatable bonds is 2. The molecule has 1 aromatic rings. The summed E-state index contributed by atoms with van der Waals surface area (Å²) in [6.45, 7) is 4.13. The Hall–Kier alpha value is -1.37. The number of piperazine rings is 1. The van der Waals surface area contributed by atoms with Crippen LogP contribution in [0.25, 0.3) is 0 Å². The lowest BCUT2D eigenvalue weighted by Gasteiger charge is -2.37. The van der Waals surface area contributed by atoms with Gasteiger partial charge in [0.2, 0.25) is 0 Å². The maximum atomic E-state index is 12.3. The first kappa shape index (κ1) is 14.6. The molecule has 0 aromatic carbocycles. The van der Waals surface area contributed by atoms with Crippen LogP contribution in [0.1, 0.15) is 0 Å². The van der Waals surface area contributed by atoms with Crippen molar-refractivity contribution in [3.05, 3.63) is 23.4 Å². The first-order chi connectivity index (χ1) is 10.3. The minimum Gasteiger partial charge on any atom is -0.376 e. The second-order valence-electron chi connectivity index (χ2n) is 5.06. The molecule has 1 amide bonds. The molecule has 7 heteroatoms. The number of hydrogen-bond acceptors (Lipinski definition) is 5. The highest BCUT2D eigenvalue weighted by atomic mass is 35.5. The zero-order chi connectivity index (χ0) is 14.7. The molecule has 3 rings (SSSR count). The molecule has 0 radical (unpaired) electrons. The van der Waals surface area contributed by atoms with Crippen molar-refractivity contribution in [1.29, 1.82) is 0 Å². The summed E-state index contributed by atoms with van der Waals surface area (Å²) in [4.78, 5) is 20.6. The second kappa shape index (κ2) is 6.60. The van der Waals surface area contributed by atoms with Crippen molar-refractivity contribution in [2.75, 3.05) is 50.9 Å². The molecule has 3 heterocycles. The summed E-state index contributed by atoms with van der Waals surface area (Å²) in [5.74, 6) is 0.796. The maximum Gasteiger partial charge on any atom is 0.254 e. The first-order valence-corrected chi connectivity index (χ1v) is 7.47. The average Bonchev–Trinajstić information content (AvgIpc) is 2.56. The van der Waals surface area contributed by atoms with Crippen molar-refractivity contribution < 1.29 is 14.3 Å². The Morgan fingerprint density at radius 1 is 1.29 bits per heavy atom. The Bertz CT molecular complexity index is 500. The van der Waals surface area contributed by atoms with Gasteiger partial charge < -0.3 is 19.3 Å². The highest BCUT2D eigenvalue weighted by Crippen LogP contribution is 2.23. The zero-order valence-corrected chi connectivity index (χ0v) is 12.5. The number of pyridine rings is 1. The Balaban J connectivity index is 1.57. The highest BCUT2D eigenvalue weighted by molar-refractivity contribution is 6.32. The number of anilines is 1. The normalized spacial score (nSPS) is 23.2. The van der Waals surface area contributed by atoms with E-state index in [1.807, 2.05) is 17.0 Å². The maximum absolute atomic E-state index is 12.3. The number of carbonyl (C=O) groups excluding carboxylic acids is 1. The molecule has 2 aliphatic heterocycles. The van der Waals surface area contributed by atoms with Crippen LogP contribution in [0.5, 0.6) is 0 Å². The molecule has 0 bridgehead atoms. The van der Waals surface area contributed by atoms with E-state index in [0.29, 0.717) is 37.9 Å². The number of aromatic nitrogens is 1. The van der Waals surface area contributed by atoms with Crippen molar-refractivity contribution in [2.45, 2.75) is 6.10 Å². The summed E-state index contributed by atoms with van der Waals surface area (Å²) in [5, 5.41) is 0.640. The summed E-state index contributed by atoms with van der Waals surface area (Å²) in [6, 6.07) is 3.64. The molecule has 2 saturated heterocycles. The van der Waals surface area contributed by atoms with Crippen LogP contribution < -0.4 is 4.90 Å². The van der Waals surface area contributed by atoms with E-state index in [9.17, 15) is 4.79 Å². The Morgan fingerprint density at radius 3 is 2.76 bits per heavy atom. The summed E-state index contributed by atoms with van der Waals surface area (Å²) in [5.41, 5.74) is 0. The van der Waals surface area contributed by atoms with Gasteiger partial charge in [-0.3, -0.25) is 4.79 Å². The van der Waals surface area contributed by atoms with Gasteiger partial charge in [0.15, 0.2) is 6.10 Å². The van der Waals surface area contributed by atoms with Gasteiger partial charge in [-0.1, -0.05) is 11.6 Å². The van der Waals surface area contributed by atoms with Crippen LogP contribution in [-0.4, -0.2) is 67.9 Å². The van der Waals surface area contributed by atoms with Gasteiger partial charge in [0.05, 0.1) is 24.8 Å². The van der Waals surface area contributed by atoms with E-state index in [0.717, 1.165) is 18.9 Å². The SMILES string of the molecule is O=C([C@@H]1COCCO1)N1CCN(c2ncccc2Cl)CC1. The number of amides is 1. The van der Waals surface area contributed by atoms with Gasteiger partial charge in [-0.2, -0.15) is 0 Å². The number of carbonyl (C=O) groups is 1. The third-order valence-corrected chi connectivity index (χ3v) is 4.02. The third-order valence-electron chi connectivity index (χ3n) is 3.72. The predicted octanol–water partition coefficient (Wildman–Crippen LogP) is 0.799. The monoisotopic (exact) mass is 311 g/mol. The largest absolute Gasteiger partial charge is 0.376 e. The third kappa shape index (κ3) is 3.28. The van der Waals surface area contributed by atoms with Crippen molar-refractivity contribution in [3.8, 4) is 0 Å². The van der Waals surface area contributed by atoms with E-state index in [1.54, 1.807) is 6.20 Å². The molecule has 6 nitrogen and oxygen atoms in total. The first-order valence-electron chi connectivity index (χ1n) is 7.09. The van der Waals surface area contributed by atoms with E-state index >= 15 is 0 Å². The van der Waals surface area contributed by atoms with Crippen LogP contribution in [0.2, 0.25) is 5.02 Å². The fraction of sp³-hybridized carbons (Fsp3) is 0.571. The van der Waals surface area contributed by atoms with E-state index in [-0.39, 0.29) is 5.91 Å². The number of hydrogen-bond donors (Lipinski definition) is 0. The quantitative estimate of drug-likeness (QED) is 0.808.